The lowest BCUT2D eigenvalue weighted by atomic mass is 10.0. The SMILES string of the molecule is Cc1ccc(C(Cl)c2ccc(C)c(C)c2)o1. The van der Waals surface area contributed by atoms with E-state index in [2.05, 4.69) is 32.0 Å². The molecule has 0 bridgehead atoms. The standard InChI is InChI=1S/C14H15ClO/c1-9-4-6-12(8-10(9)2)14(15)13-7-5-11(3)16-13/h4-8,14H,1-3H3. The molecule has 1 unspecified atom stereocenters. The van der Waals surface area contributed by atoms with Crippen LogP contribution in [0.15, 0.2) is 34.7 Å². The minimum absolute atomic E-state index is 0.201. The van der Waals surface area contributed by atoms with Crippen LogP contribution in [0.4, 0.5) is 0 Å². The number of alkyl halides is 1. The second-order valence-corrected chi connectivity index (χ2v) is 4.59. The number of rotatable bonds is 2. The van der Waals surface area contributed by atoms with Crippen molar-refractivity contribution < 1.29 is 4.42 Å². The lowest BCUT2D eigenvalue weighted by molar-refractivity contribution is 0.489. The van der Waals surface area contributed by atoms with Crippen molar-refractivity contribution in [3.8, 4) is 0 Å². The van der Waals surface area contributed by atoms with Crippen molar-refractivity contribution in [1.82, 2.24) is 0 Å². The van der Waals surface area contributed by atoms with Gasteiger partial charge in [0.1, 0.15) is 16.9 Å². The number of aryl methyl sites for hydroxylation is 3. The van der Waals surface area contributed by atoms with E-state index in [1.54, 1.807) is 0 Å². The fourth-order valence-corrected chi connectivity index (χ4v) is 1.93. The second-order valence-electron chi connectivity index (χ2n) is 4.15. The maximum Gasteiger partial charge on any atom is 0.126 e. The third-order valence-corrected chi connectivity index (χ3v) is 3.30. The Balaban J connectivity index is 2.33. The molecule has 1 aromatic carbocycles. The molecule has 0 aliphatic rings. The molecule has 2 aromatic rings. The van der Waals surface area contributed by atoms with Crippen molar-refractivity contribution in [1.29, 1.82) is 0 Å². The van der Waals surface area contributed by atoms with Crippen LogP contribution < -0.4 is 0 Å². The van der Waals surface area contributed by atoms with Crippen LogP contribution in [0.25, 0.3) is 0 Å². The van der Waals surface area contributed by atoms with Crippen LogP contribution in [0.2, 0.25) is 0 Å². The van der Waals surface area contributed by atoms with E-state index in [9.17, 15) is 0 Å². The minimum atomic E-state index is -0.201. The van der Waals surface area contributed by atoms with Gasteiger partial charge >= 0.3 is 0 Å². The molecular weight excluding hydrogens is 220 g/mol. The molecule has 0 aliphatic carbocycles. The van der Waals surface area contributed by atoms with Crippen molar-refractivity contribution in [2.75, 3.05) is 0 Å². The molecule has 1 nitrogen and oxygen atoms in total. The molecule has 1 atom stereocenters. The molecule has 0 aliphatic heterocycles. The summed E-state index contributed by atoms with van der Waals surface area (Å²) in [6.45, 7) is 6.11. The van der Waals surface area contributed by atoms with Gasteiger partial charge in [-0.1, -0.05) is 18.2 Å². The van der Waals surface area contributed by atoms with Crippen LogP contribution in [0, 0.1) is 20.8 Å². The molecular formula is C14H15ClO. The molecule has 84 valence electrons. The van der Waals surface area contributed by atoms with E-state index in [-0.39, 0.29) is 5.38 Å². The first-order valence-electron chi connectivity index (χ1n) is 5.35. The third kappa shape index (κ3) is 2.14. The zero-order chi connectivity index (χ0) is 11.7. The predicted octanol–water partition coefficient (Wildman–Crippen LogP) is 4.53. The molecule has 0 N–H and O–H groups in total. The van der Waals surface area contributed by atoms with Crippen LogP contribution in [-0.4, -0.2) is 0 Å². The largest absolute Gasteiger partial charge is 0.464 e. The number of furan rings is 1. The number of benzene rings is 1. The Kier molecular flexibility index (Phi) is 3.06. The molecule has 0 spiro atoms. The number of halogens is 1. The summed E-state index contributed by atoms with van der Waals surface area (Å²) in [7, 11) is 0. The molecule has 0 fully saturated rings. The first kappa shape index (κ1) is 11.3. The fourth-order valence-electron chi connectivity index (χ4n) is 1.68. The van der Waals surface area contributed by atoms with Crippen LogP contribution in [0.5, 0.6) is 0 Å². The highest BCUT2D eigenvalue weighted by Gasteiger charge is 2.14. The normalized spacial score (nSPS) is 12.8. The van der Waals surface area contributed by atoms with Gasteiger partial charge in [-0.2, -0.15) is 0 Å². The Labute approximate surface area is 101 Å². The summed E-state index contributed by atoms with van der Waals surface area (Å²) in [6, 6.07) is 10.1. The summed E-state index contributed by atoms with van der Waals surface area (Å²) in [5.74, 6) is 1.70. The lowest BCUT2D eigenvalue weighted by Gasteiger charge is -2.09. The van der Waals surface area contributed by atoms with Gasteiger partial charge in [-0.25, -0.2) is 0 Å². The summed E-state index contributed by atoms with van der Waals surface area (Å²) >= 11 is 6.38. The molecule has 0 amide bonds. The molecule has 0 saturated heterocycles. The summed E-state index contributed by atoms with van der Waals surface area (Å²) in [6.07, 6.45) is 0. The van der Waals surface area contributed by atoms with Crippen molar-refractivity contribution >= 4 is 11.6 Å². The molecule has 0 radical (unpaired) electrons. The monoisotopic (exact) mass is 234 g/mol. The van der Waals surface area contributed by atoms with Crippen LogP contribution in [0.3, 0.4) is 0 Å². The summed E-state index contributed by atoms with van der Waals surface area (Å²) in [5, 5.41) is -0.201. The highest BCUT2D eigenvalue weighted by molar-refractivity contribution is 6.22. The average Bonchev–Trinajstić information content (AvgIpc) is 2.68. The Hall–Kier alpha value is -1.21. The van der Waals surface area contributed by atoms with Gasteiger partial charge in [0, 0.05) is 0 Å². The fraction of sp³-hybridized carbons (Fsp3) is 0.286. The zero-order valence-corrected chi connectivity index (χ0v) is 10.5. The quantitative estimate of drug-likeness (QED) is 0.696. The van der Waals surface area contributed by atoms with Gasteiger partial charge in [0.05, 0.1) is 0 Å². The zero-order valence-electron chi connectivity index (χ0n) is 9.75. The second kappa shape index (κ2) is 4.34. The van der Waals surface area contributed by atoms with E-state index in [1.807, 2.05) is 19.1 Å². The van der Waals surface area contributed by atoms with E-state index in [0.29, 0.717) is 0 Å². The third-order valence-electron chi connectivity index (χ3n) is 2.83. The van der Waals surface area contributed by atoms with Gasteiger partial charge in [-0.15, -0.1) is 11.6 Å². The maximum absolute atomic E-state index is 6.38. The van der Waals surface area contributed by atoms with Crippen molar-refractivity contribution in [2.24, 2.45) is 0 Å². The molecule has 16 heavy (non-hydrogen) atoms. The smallest absolute Gasteiger partial charge is 0.126 e. The van der Waals surface area contributed by atoms with Gasteiger partial charge in [0.25, 0.3) is 0 Å². The maximum atomic E-state index is 6.38. The molecule has 2 heteroatoms. The van der Waals surface area contributed by atoms with E-state index >= 15 is 0 Å². The van der Waals surface area contributed by atoms with E-state index in [0.717, 1.165) is 17.1 Å². The Bertz CT molecular complexity index is 499. The van der Waals surface area contributed by atoms with E-state index in [4.69, 9.17) is 16.0 Å². The first-order chi connectivity index (χ1) is 7.58. The topological polar surface area (TPSA) is 13.1 Å². The Morgan fingerprint density at radius 1 is 1.00 bits per heavy atom. The van der Waals surface area contributed by atoms with Crippen molar-refractivity contribution in [3.63, 3.8) is 0 Å². The van der Waals surface area contributed by atoms with Gasteiger partial charge in [0.15, 0.2) is 0 Å². The Morgan fingerprint density at radius 3 is 2.31 bits per heavy atom. The molecule has 0 saturated carbocycles. The van der Waals surface area contributed by atoms with Gasteiger partial charge in [-0.05, 0) is 49.6 Å². The molecule has 1 aromatic heterocycles. The predicted molar refractivity (Wildman–Crippen MR) is 67.1 cm³/mol. The van der Waals surface area contributed by atoms with Gasteiger partial charge < -0.3 is 4.42 Å². The highest BCUT2D eigenvalue weighted by Crippen LogP contribution is 2.30. The summed E-state index contributed by atoms with van der Waals surface area (Å²) in [4.78, 5) is 0. The first-order valence-corrected chi connectivity index (χ1v) is 5.79. The van der Waals surface area contributed by atoms with Crippen molar-refractivity contribution in [3.05, 3.63) is 58.5 Å². The lowest BCUT2D eigenvalue weighted by Crippen LogP contribution is -1.93. The van der Waals surface area contributed by atoms with Crippen LogP contribution in [0.1, 0.15) is 33.6 Å². The highest BCUT2D eigenvalue weighted by atomic mass is 35.5. The molecule has 1 heterocycles. The Morgan fingerprint density at radius 2 is 1.75 bits per heavy atom. The molecule has 2 rings (SSSR count). The van der Waals surface area contributed by atoms with Crippen LogP contribution in [-0.2, 0) is 0 Å². The van der Waals surface area contributed by atoms with Crippen LogP contribution >= 0.6 is 11.6 Å². The van der Waals surface area contributed by atoms with Gasteiger partial charge in [-0.3, -0.25) is 0 Å². The summed E-state index contributed by atoms with van der Waals surface area (Å²) < 4.78 is 5.54. The van der Waals surface area contributed by atoms with E-state index < -0.39 is 0 Å². The number of hydrogen-bond acceptors (Lipinski definition) is 1. The van der Waals surface area contributed by atoms with E-state index in [1.165, 1.54) is 11.1 Å². The van der Waals surface area contributed by atoms with Crippen molar-refractivity contribution in [2.45, 2.75) is 26.1 Å². The minimum Gasteiger partial charge on any atom is -0.464 e. The summed E-state index contributed by atoms with van der Waals surface area (Å²) in [5.41, 5.74) is 3.62. The number of hydrogen-bond donors (Lipinski definition) is 0. The average molecular weight is 235 g/mol. The van der Waals surface area contributed by atoms with Gasteiger partial charge in [0.2, 0.25) is 0 Å².